The van der Waals surface area contributed by atoms with Crippen molar-refractivity contribution in [3.8, 4) is 5.75 Å². The topological polar surface area (TPSA) is 42.0 Å². The van der Waals surface area contributed by atoms with E-state index in [1.807, 2.05) is 30.1 Å². The summed E-state index contributed by atoms with van der Waals surface area (Å²) in [7, 11) is 1.88. The monoisotopic (exact) mass is 380 g/mol. The lowest BCUT2D eigenvalue weighted by atomic mass is 10.1. The highest BCUT2D eigenvalue weighted by Gasteiger charge is 2.23. The van der Waals surface area contributed by atoms with E-state index in [0.29, 0.717) is 24.5 Å². The van der Waals surface area contributed by atoms with Gasteiger partial charge in [-0.05, 0) is 44.4 Å². The predicted molar refractivity (Wildman–Crippen MR) is 103 cm³/mol. The number of ether oxygens (including phenoxy) is 2. The van der Waals surface area contributed by atoms with E-state index in [9.17, 15) is 4.79 Å². The second-order valence-electron chi connectivity index (χ2n) is 7.43. The van der Waals surface area contributed by atoms with Crippen LogP contribution in [0.25, 0.3) is 0 Å². The van der Waals surface area contributed by atoms with Crippen LogP contribution in [0.1, 0.15) is 38.2 Å². The molecule has 0 saturated carbocycles. The Morgan fingerprint density at radius 3 is 3.00 bits per heavy atom. The van der Waals surface area contributed by atoms with Crippen LogP contribution in [0, 0.1) is 0 Å². The summed E-state index contributed by atoms with van der Waals surface area (Å²) >= 11 is 6.13. The van der Waals surface area contributed by atoms with Gasteiger partial charge < -0.3 is 14.4 Å². The van der Waals surface area contributed by atoms with Gasteiger partial charge in [-0.1, -0.05) is 11.6 Å². The average Bonchev–Trinajstić information content (AvgIpc) is 2.77. The molecule has 0 bridgehead atoms. The fraction of sp³-hybridized carbons (Fsp3) is 0.650. The lowest BCUT2D eigenvalue weighted by Gasteiger charge is -2.28. The minimum absolute atomic E-state index is 0.0842. The zero-order valence-corrected chi connectivity index (χ0v) is 16.5. The molecule has 6 heteroatoms. The first kappa shape index (κ1) is 19.5. The van der Waals surface area contributed by atoms with E-state index >= 15 is 0 Å². The molecule has 144 valence electrons. The summed E-state index contributed by atoms with van der Waals surface area (Å²) in [4.78, 5) is 16.6. The zero-order valence-electron chi connectivity index (χ0n) is 15.7. The van der Waals surface area contributed by atoms with Gasteiger partial charge >= 0.3 is 0 Å². The summed E-state index contributed by atoms with van der Waals surface area (Å²) in [6.07, 6.45) is 4.16. The van der Waals surface area contributed by atoms with Gasteiger partial charge in [-0.25, -0.2) is 0 Å². The third-order valence-electron chi connectivity index (χ3n) is 5.08. The minimum Gasteiger partial charge on any atom is -0.489 e. The average molecular weight is 381 g/mol. The van der Waals surface area contributed by atoms with Gasteiger partial charge in [0, 0.05) is 56.8 Å². The molecular formula is C20H29ClN2O3. The summed E-state index contributed by atoms with van der Waals surface area (Å²) in [6.45, 7) is 5.84. The number of nitrogens with zero attached hydrogens (tertiary/aromatic N) is 2. The van der Waals surface area contributed by atoms with Crippen LogP contribution in [0.15, 0.2) is 18.2 Å². The molecule has 0 N–H and O–H groups in total. The van der Waals surface area contributed by atoms with Gasteiger partial charge in [-0.15, -0.1) is 0 Å². The molecule has 0 aliphatic carbocycles. The van der Waals surface area contributed by atoms with E-state index in [1.54, 1.807) is 0 Å². The molecule has 0 spiro atoms. The molecule has 2 aliphatic rings. The van der Waals surface area contributed by atoms with Crippen molar-refractivity contribution in [3.05, 3.63) is 28.8 Å². The maximum atomic E-state index is 12.5. The van der Waals surface area contributed by atoms with Crippen LogP contribution in [0.2, 0.25) is 5.02 Å². The Labute approximate surface area is 161 Å². The Hall–Kier alpha value is -1.30. The van der Waals surface area contributed by atoms with Crippen LogP contribution in [0.5, 0.6) is 5.75 Å². The molecule has 2 atom stereocenters. The normalized spacial score (nSPS) is 23.7. The molecule has 0 unspecified atom stereocenters. The van der Waals surface area contributed by atoms with Crippen molar-refractivity contribution in [2.24, 2.45) is 0 Å². The quantitative estimate of drug-likeness (QED) is 0.785. The van der Waals surface area contributed by atoms with Gasteiger partial charge in [0.05, 0.1) is 6.10 Å². The number of likely N-dealkylation sites (N-methyl/N-ethyl adjacent to an activating group) is 1. The maximum Gasteiger partial charge on any atom is 0.223 e. The number of carbonyl (C=O) groups is 1. The fourth-order valence-electron chi connectivity index (χ4n) is 3.68. The Morgan fingerprint density at radius 2 is 2.23 bits per heavy atom. The lowest BCUT2D eigenvalue weighted by Crippen LogP contribution is -2.39. The molecule has 1 saturated heterocycles. The molecule has 0 radical (unpaired) electrons. The van der Waals surface area contributed by atoms with Crippen molar-refractivity contribution in [1.29, 1.82) is 0 Å². The van der Waals surface area contributed by atoms with E-state index in [-0.39, 0.29) is 18.1 Å². The van der Waals surface area contributed by atoms with E-state index in [4.69, 9.17) is 21.1 Å². The summed E-state index contributed by atoms with van der Waals surface area (Å²) in [5.74, 6) is 1.06. The molecule has 2 aliphatic heterocycles. The number of benzene rings is 1. The second kappa shape index (κ2) is 9.07. The Kier molecular flexibility index (Phi) is 6.79. The van der Waals surface area contributed by atoms with E-state index in [1.165, 1.54) is 6.42 Å². The maximum absolute atomic E-state index is 12.5. The van der Waals surface area contributed by atoms with Crippen molar-refractivity contribution in [2.45, 2.75) is 51.4 Å². The van der Waals surface area contributed by atoms with E-state index in [2.05, 4.69) is 11.8 Å². The molecule has 3 rings (SSSR count). The largest absolute Gasteiger partial charge is 0.489 e. The molecule has 2 heterocycles. The first-order valence-electron chi connectivity index (χ1n) is 9.54. The van der Waals surface area contributed by atoms with Gasteiger partial charge in [0.15, 0.2) is 0 Å². The number of amides is 1. The number of rotatable bonds is 5. The van der Waals surface area contributed by atoms with Gasteiger partial charge in [-0.3, -0.25) is 9.69 Å². The first-order chi connectivity index (χ1) is 12.5. The third-order valence-corrected chi connectivity index (χ3v) is 5.31. The summed E-state index contributed by atoms with van der Waals surface area (Å²) in [5, 5.41) is 0.713. The van der Waals surface area contributed by atoms with Crippen LogP contribution >= 0.6 is 11.6 Å². The van der Waals surface area contributed by atoms with Crippen LogP contribution in [0.3, 0.4) is 0 Å². The number of fused-ring (bicyclic) bond motifs is 1. The van der Waals surface area contributed by atoms with Crippen LogP contribution in [0.4, 0.5) is 0 Å². The molecule has 5 nitrogen and oxygen atoms in total. The standard InChI is InChI=1S/C20H29ClN2O3/c1-15-12-23(13-16-11-17(21)6-7-19(16)26-15)9-8-20(24)22(2)14-18-5-3-4-10-25-18/h6-7,11,15,18H,3-5,8-10,12-14H2,1-2H3/t15-,18+/m1/s1. The Morgan fingerprint density at radius 1 is 1.38 bits per heavy atom. The Balaban J connectivity index is 1.52. The molecular weight excluding hydrogens is 352 g/mol. The lowest BCUT2D eigenvalue weighted by molar-refractivity contribution is -0.132. The smallest absolute Gasteiger partial charge is 0.223 e. The van der Waals surface area contributed by atoms with Crippen molar-refractivity contribution in [1.82, 2.24) is 9.80 Å². The minimum atomic E-state index is 0.0842. The van der Waals surface area contributed by atoms with Gasteiger partial charge in [0.25, 0.3) is 0 Å². The first-order valence-corrected chi connectivity index (χ1v) is 9.92. The van der Waals surface area contributed by atoms with Crippen LogP contribution < -0.4 is 4.74 Å². The highest BCUT2D eigenvalue weighted by molar-refractivity contribution is 6.30. The SMILES string of the molecule is C[C@@H]1CN(CCC(=O)N(C)C[C@@H]2CCCCO2)Cc2cc(Cl)ccc2O1. The predicted octanol–water partition coefficient (Wildman–Crippen LogP) is 3.34. The molecule has 1 aromatic carbocycles. The molecule has 1 fully saturated rings. The van der Waals surface area contributed by atoms with E-state index in [0.717, 1.165) is 43.9 Å². The fourth-order valence-corrected chi connectivity index (χ4v) is 3.88. The summed E-state index contributed by atoms with van der Waals surface area (Å²) in [5.41, 5.74) is 1.08. The van der Waals surface area contributed by atoms with Crippen molar-refractivity contribution in [3.63, 3.8) is 0 Å². The number of carbonyl (C=O) groups excluding carboxylic acids is 1. The molecule has 1 amide bonds. The number of hydrogen-bond acceptors (Lipinski definition) is 4. The highest BCUT2D eigenvalue weighted by atomic mass is 35.5. The van der Waals surface area contributed by atoms with Crippen LogP contribution in [-0.4, -0.2) is 61.2 Å². The summed E-state index contributed by atoms with van der Waals surface area (Å²) in [6, 6.07) is 5.74. The number of halogens is 1. The summed E-state index contributed by atoms with van der Waals surface area (Å²) < 4.78 is 11.7. The Bertz CT molecular complexity index is 619. The third kappa shape index (κ3) is 5.35. The van der Waals surface area contributed by atoms with Gasteiger partial charge in [0.1, 0.15) is 11.9 Å². The number of hydrogen-bond donors (Lipinski definition) is 0. The second-order valence-corrected chi connectivity index (χ2v) is 7.86. The highest BCUT2D eigenvalue weighted by Crippen LogP contribution is 2.28. The van der Waals surface area contributed by atoms with E-state index < -0.39 is 0 Å². The molecule has 0 aromatic heterocycles. The van der Waals surface area contributed by atoms with Crippen molar-refractivity contribution in [2.75, 3.05) is 33.3 Å². The zero-order chi connectivity index (χ0) is 18.5. The van der Waals surface area contributed by atoms with Crippen molar-refractivity contribution >= 4 is 17.5 Å². The van der Waals surface area contributed by atoms with Crippen LogP contribution in [-0.2, 0) is 16.1 Å². The van der Waals surface area contributed by atoms with Gasteiger partial charge in [0.2, 0.25) is 5.91 Å². The van der Waals surface area contributed by atoms with Gasteiger partial charge in [-0.2, -0.15) is 0 Å². The molecule has 1 aromatic rings. The van der Waals surface area contributed by atoms with Crippen molar-refractivity contribution < 1.29 is 14.3 Å². The molecule has 26 heavy (non-hydrogen) atoms.